The van der Waals surface area contributed by atoms with Gasteiger partial charge in [0.15, 0.2) is 0 Å². The van der Waals surface area contributed by atoms with Gasteiger partial charge in [-0.3, -0.25) is 10.1 Å². The molecule has 0 unspecified atom stereocenters. The number of rotatable bonds is 5. The van der Waals surface area contributed by atoms with E-state index < -0.39 is 0 Å². The average Bonchev–Trinajstić information content (AvgIpc) is 2.84. The molecule has 0 aliphatic heterocycles. The number of hydrogen-bond acceptors (Lipinski definition) is 4. The van der Waals surface area contributed by atoms with Crippen molar-refractivity contribution in [2.24, 2.45) is 0 Å². The maximum atomic E-state index is 10.8. The third kappa shape index (κ3) is 2.87. The van der Waals surface area contributed by atoms with Crippen molar-refractivity contribution in [2.75, 3.05) is 11.9 Å². The Kier molecular flexibility index (Phi) is 3.94. The van der Waals surface area contributed by atoms with Crippen LogP contribution in [0.1, 0.15) is 10.4 Å². The highest BCUT2D eigenvalue weighted by atomic mass is 32.1. The SMILES string of the molecule is Cc1c(NCCc2cccs2)cccc1[N+](=O)[O-]. The smallest absolute Gasteiger partial charge is 0.274 e. The molecule has 0 atom stereocenters. The van der Waals surface area contributed by atoms with Crippen molar-refractivity contribution >= 4 is 22.7 Å². The lowest BCUT2D eigenvalue weighted by Gasteiger charge is -2.08. The monoisotopic (exact) mass is 262 g/mol. The van der Waals surface area contributed by atoms with Crippen molar-refractivity contribution in [3.05, 3.63) is 56.3 Å². The van der Waals surface area contributed by atoms with E-state index in [4.69, 9.17) is 0 Å². The topological polar surface area (TPSA) is 55.2 Å². The number of nitrogens with one attached hydrogen (secondary N) is 1. The second kappa shape index (κ2) is 5.64. The van der Waals surface area contributed by atoms with Crippen LogP contribution >= 0.6 is 11.3 Å². The lowest BCUT2D eigenvalue weighted by molar-refractivity contribution is -0.385. The fourth-order valence-electron chi connectivity index (χ4n) is 1.79. The van der Waals surface area contributed by atoms with E-state index in [1.165, 1.54) is 10.9 Å². The zero-order chi connectivity index (χ0) is 13.0. The molecule has 1 heterocycles. The Hall–Kier alpha value is -1.88. The highest BCUT2D eigenvalue weighted by molar-refractivity contribution is 7.09. The molecule has 0 bridgehead atoms. The molecule has 94 valence electrons. The highest BCUT2D eigenvalue weighted by Gasteiger charge is 2.12. The Morgan fingerprint density at radius 3 is 2.83 bits per heavy atom. The molecule has 2 aromatic rings. The van der Waals surface area contributed by atoms with Crippen LogP contribution in [-0.2, 0) is 6.42 Å². The molecular weight excluding hydrogens is 248 g/mol. The van der Waals surface area contributed by atoms with Crippen LogP contribution in [0.3, 0.4) is 0 Å². The van der Waals surface area contributed by atoms with Crippen LogP contribution in [-0.4, -0.2) is 11.5 Å². The number of nitrogens with zero attached hydrogens (tertiary/aromatic N) is 1. The van der Waals surface area contributed by atoms with Crippen molar-refractivity contribution < 1.29 is 4.92 Å². The van der Waals surface area contributed by atoms with Crippen LogP contribution in [0.15, 0.2) is 35.7 Å². The molecule has 18 heavy (non-hydrogen) atoms. The number of thiophene rings is 1. The summed E-state index contributed by atoms with van der Waals surface area (Å²) < 4.78 is 0. The summed E-state index contributed by atoms with van der Waals surface area (Å²) in [6.07, 6.45) is 0.930. The lowest BCUT2D eigenvalue weighted by atomic mass is 10.1. The van der Waals surface area contributed by atoms with Gasteiger partial charge >= 0.3 is 0 Å². The van der Waals surface area contributed by atoms with E-state index in [0.717, 1.165) is 18.7 Å². The van der Waals surface area contributed by atoms with Crippen molar-refractivity contribution in [3.63, 3.8) is 0 Å². The Labute approximate surface area is 109 Å². The molecule has 5 heteroatoms. The van der Waals surface area contributed by atoms with E-state index in [2.05, 4.69) is 11.4 Å². The zero-order valence-electron chi connectivity index (χ0n) is 10.1. The quantitative estimate of drug-likeness (QED) is 0.661. The molecule has 0 aliphatic rings. The summed E-state index contributed by atoms with van der Waals surface area (Å²) >= 11 is 1.72. The third-order valence-corrected chi connectivity index (χ3v) is 3.71. The maximum Gasteiger partial charge on any atom is 0.274 e. The molecule has 2 rings (SSSR count). The number of hydrogen-bond donors (Lipinski definition) is 1. The van der Waals surface area contributed by atoms with Gasteiger partial charge in [-0.1, -0.05) is 12.1 Å². The van der Waals surface area contributed by atoms with Crippen LogP contribution < -0.4 is 5.32 Å². The second-order valence-electron chi connectivity index (χ2n) is 3.96. The molecule has 0 fully saturated rings. The standard InChI is InChI=1S/C13H14N2O2S/c1-10-12(5-2-6-13(10)15(16)17)14-8-7-11-4-3-9-18-11/h2-6,9,14H,7-8H2,1H3. The molecule has 0 spiro atoms. The minimum Gasteiger partial charge on any atom is -0.384 e. The van der Waals surface area contributed by atoms with E-state index in [0.29, 0.717) is 5.56 Å². The van der Waals surface area contributed by atoms with Crippen molar-refractivity contribution in [3.8, 4) is 0 Å². The molecule has 0 amide bonds. The summed E-state index contributed by atoms with van der Waals surface area (Å²) in [5.74, 6) is 0. The first-order valence-corrected chi connectivity index (χ1v) is 6.56. The van der Waals surface area contributed by atoms with Gasteiger partial charge in [0.2, 0.25) is 0 Å². The molecule has 1 N–H and O–H groups in total. The number of nitro groups is 1. The van der Waals surface area contributed by atoms with Crippen molar-refractivity contribution in [1.29, 1.82) is 0 Å². The summed E-state index contributed by atoms with van der Waals surface area (Å²) in [7, 11) is 0. The lowest BCUT2D eigenvalue weighted by Crippen LogP contribution is -2.06. The van der Waals surface area contributed by atoms with Crippen LogP contribution in [0.5, 0.6) is 0 Å². The van der Waals surface area contributed by atoms with Gasteiger partial charge in [0.25, 0.3) is 5.69 Å². The summed E-state index contributed by atoms with van der Waals surface area (Å²) in [6.45, 7) is 2.55. The van der Waals surface area contributed by atoms with Crippen LogP contribution in [0, 0.1) is 17.0 Å². The van der Waals surface area contributed by atoms with Crippen molar-refractivity contribution in [2.45, 2.75) is 13.3 Å². The predicted octanol–water partition coefficient (Wildman–Crippen LogP) is 3.62. The number of anilines is 1. The van der Waals surface area contributed by atoms with Crippen molar-refractivity contribution in [1.82, 2.24) is 0 Å². The molecule has 1 aromatic carbocycles. The Balaban J connectivity index is 2.01. The first-order valence-electron chi connectivity index (χ1n) is 5.69. The number of nitro benzene ring substituents is 1. The van der Waals surface area contributed by atoms with E-state index in [9.17, 15) is 10.1 Å². The molecular formula is C13H14N2O2S. The fourth-order valence-corrected chi connectivity index (χ4v) is 2.50. The first-order chi connectivity index (χ1) is 8.68. The largest absolute Gasteiger partial charge is 0.384 e. The first kappa shape index (κ1) is 12.6. The zero-order valence-corrected chi connectivity index (χ0v) is 10.9. The maximum absolute atomic E-state index is 10.8. The molecule has 4 nitrogen and oxygen atoms in total. The van der Waals surface area contributed by atoms with Gasteiger partial charge < -0.3 is 5.32 Å². The van der Waals surface area contributed by atoms with Gasteiger partial charge in [0.05, 0.1) is 4.92 Å². The van der Waals surface area contributed by atoms with E-state index in [1.54, 1.807) is 24.3 Å². The van der Waals surface area contributed by atoms with Gasteiger partial charge in [-0.25, -0.2) is 0 Å². The molecule has 0 aliphatic carbocycles. The van der Waals surface area contributed by atoms with E-state index >= 15 is 0 Å². The normalized spacial score (nSPS) is 10.3. The number of benzene rings is 1. The molecule has 0 saturated heterocycles. The Morgan fingerprint density at radius 1 is 1.33 bits per heavy atom. The summed E-state index contributed by atoms with van der Waals surface area (Å²) in [6, 6.07) is 9.22. The van der Waals surface area contributed by atoms with E-state index in [-0.39, 0.29) is 10.6 Å². The van der Waals surface area contributed by atoms with Crippen LogP contribution in [0.2, 0.25) is 0 Å². The molecule has 1 aromatic heterocycles. The Bertz CT molecular complexity index is 538. The van der Waals surface area contributed by atoms with Gasteiger partial charge in [0.1, 0.15) is 0 Å². The Morgan fingerprint density at radius 2 is 2.17 bits per heavy atom. The van der Waals surface area contributed by atoms with Gasteiger partial charge in [-0.15, -0.1) is 11.3 Å². The molecule has 0 radical (unpaired) electrons. The summed E-state index contributed by atoms with van der Waals surface area (Å²) in [5.41, 5.74) is 1.69. The van der Waals surface area contributed by atoms with Gasteiger partial charge in [-0.2, -0.15) is 0 Å². The minimum absolute atomic E-state index is 0.163. The van der Waals surface area contributed by atoms with E-state index in [1.807, 2.05) is 17.5 Å². The fraction of sp³-hybridized carbons (Fsp3) is 0.231. The van der Waals surface area contributed by atoms with Crippen LogP contribution in [0.4, 0.5) is 11.4 Å². The van der Waals surface area contributed by atoms with Crippen LogP contribution in [0.25, 0.3) is 0 Å². The summed E-state index contributed by atoms with van der Waals surface area (Å²) in [4.78, 5) is 11.8. The highest BCUT2D eigenvalue weighted by Crippen LogP contribution is 2.25. The third-order valence-electron chi connectivity index (χ3n) is 2.77. The van der Waals surface area contributed by atoms with Gasteiger partial charge in [0, 0.05) is 28.7 Å². The average molecular weight is 262 g/mol. The second-order valence-corrected chi connectivity index (χ2v) is 5.00. The summed E-state index contributed by atoms with van der Waals surface area (Å²) in [5, 5.41) is 16.1. The predicted molar refractivity (Wildman–Crippen MR) is 74.3 cm³/mol. The molecule has 0 saturated carbocycles. The van der Waals surface area contributed by atoms with Gasteiger partial charge in [-0.05, 0) is 30.9 Å². The minimum atomic E-state index is -0.347.